The van der Waals surface area contributed by atoms with Crippen molar-refractivity contribution in [1.82, 2.24) is 5.43 Å². The van der Waals surface area contributed by atoms with Crippen LogP contribution in [0.1, 0.15) is 16.7 Å². The Kier molecular flexibility index (Phi) is 6.60. The van der Waals surface area contributed by atoms with Gasteiger partial charge >= 0.3 is 0 Å². The van der Waals surface area contributed by atoms with Crippen molar-refractivity contribution in [2.45, 2.75) is 13.8 Å². The number of amides is 1. The summed E-state index contributed by atoms with van der Waals surface area (Å²) in [5.41, 5.74) is 5.33. The van der Waals surface area contributed by atoms with Crippen molar-refractivity contribution >= 4 is 34.7 Å². The molecule has 0 heterocycles. The second-order valence-electron chi connectivity index (χ2n) is 5.20. The van der Waals surface area contributed by atoms with E-state index in [2.05, 4.69) is 33.1 Å². The number of aryl methyl sites for hydroxylation is 2. The van der Waals surface area contributed by atoms with Crippen molar-refractivity contribution in [3.05, 3.63) is 56.7 Å². The summed E-state index contributed by atoms with van der Waals surface area (Å²) in [7, 11) is 1.63. The second-order valence-corrected chi connectivity index (χ2v) is 6.36. The van der Waals surface area contributed by atoms with E-state index >= 15 is 0 Å². The smallest absolute Gasteiger partial charge is 0.277 e. The van der Waals surface area contributed by atoms with Crippen LogP contribution in [0.25, 0.3) is 0 Å². The highest BCUT2D eigenvalue weighted by atomic mass is 127. The zero-order valence-electron chi connectivity index (χ0n) is 13.8. The fourth-order valence-corrected chi connectivity index (χ4v) is 2.90. The first kappa shape index (κ1) is 18.3. The van der Waals surface area contributed by atoms with Crippen LogP contribution >= 0.6 is 22.6 Å². The van der Waals surface area contributed by atoms with Gasteiger partial charge in [0, 0.05) is 0 Å². The van der Waals surface area contributed by atoms with E-state index in [9.17, 15) is 4.79 Å². The average molecular weight is 438 g/mol. The van der Waals surface area contributed by atoms with Crippen LogP contribution in [0.3, 0.4) is 0 Å². The molecule has 0 fully saturated rings. The molecule has 0 spiro atoms. The van der Waals surface area contributed by atoms with E-state index in [-0.39, 0.29) is 12.5 Å². The minimum absolute atomic E-state index is 0.0802. The Bertz CT molecular complexity index is 740. The third-order valence-corrected chi connectivity index (χ3v) is 4.18. The van der Waals surface area contributed by atoms with Crippen molar-refractivity contribution in [1.29, 1.82) is 0 Å². The molecule has 0 atom stereocenters. The van der Waals surface area contributed by atoms with Crippen LogP contribution < -0.4 is 14.9 Å². The molecule has 0 aromatic heterocycles. The maximum absolute atomic E-state index is 11.8. The normalized spacial score (nSPS) is 10.7. The number of rotatable bonds is 6. The van der Waals surface area contributed by atoms with Gasteiger partial charge in [-0.25, -0.2) is 5.43 Å². The fourth-order valence-electron chi connectivity index (χ4n) is 2.14. The first-order valence-electron chi connectivity index (χ1n) is 7.35. The molecule has 0 unspecified atom stereocenters. The summed E-state index contributed by atoms with van der Waals surface area (Å²) in [5, 5.41) is 3.95. The van der Waals surface area contributed by atoms with E-state index < -0.39 is 0 Å². The molecule has 0 bridgehead atoms. The maximum Gasteiger partial charge on any atom is 0.277 e. The molecule has 24 heavy (non-hydrogen) atoms. The Morgan fingerprint density at radius 2 is 1.96 bits per heavy atom. The Hall–Kier alpha value is -2.09. The number of hydrogen-bond donors (Lipinski definition) is 1. The lowest BCUT2D eigenvalue weighted by Gasteiger charge is -2.10. The largest absolute Gasteiger partial charge is 0.496 e. The topological polar surface area (TPSA) is 59.9 Å². The number of methoxy groups -OCH3 is 1. The van der Waals surface area contributed by atoms with Gasteiger partial charge in [-0.05, 0) is 71.3 Å². The molecule has 1 N–H and O–H groups in total. The van der Waals surface area contributed by atoms with Gasteiger partial charge in [0.2, 0.25) is 0 Å². The van der Waals surface area contributed by atoms with Gasteiger partial charge in [0.25, 0.3) is 5.91 Å². The second kappa shape index (κ2) is 8.68. The molecule has 2 aromatic rings. The summed E-state index contributed by atoms with van der Waals surface area (Å²) in [6.07, 6.45) is 1.58. The van der Waals surface area contributed by atoms with E-state index in [1.165, 1.54) is 0 Å². The van der Waals surface area contributed by atoms with Crippen molar-refractivity contribution in [2.75, 3.05) is 13.7 Å². The monoisotopic (exact) mass is 438 g/mol. The lowest BCUT2D eigenvalue weighted by atomic mass is 10.1. The van der Waals surface area contributed by atoms with Crippen LogP contribution in [-0.2, 0) is 4.79 Å². The molecule has 0 saturated heterocycles. The van der Waals surface area contributed by atoms with Crippen molar-refractivity contribution in [2.24, 2.45) is 5.10 Å². The Balaban J connectivity index is 1.88. The van der Waals surface area contributed by atoms with Crippen LogP contribution in [0.4, 0.5) is 0 Å². The zero-order valence-corrected chi connectivity index (χ0v) is 16.0. The van der Waals surface area contributed by atoms with Gasteiger partial charge in [0.05, 0.1) is 16.9 Å². The molecule has 2 rings (SSSR count). The Labute approximate surface area is 155 Å². The lowest BCUT2D eigenvalue weighted by molar-refractivity contribution is -0.123. The summed E-state index contributed by atoms with van der Waals surface area (Å²) in [6.45, 7) is 3.82. The molecule has 0 aliphatic rings. The van der Waals surface area contributed by atoms with Gasteiger partial charge in [-0.3, -0.25) is 4.79 Å². The number of hydrogen-bond acceptors (Lipinski definition) is 4. The van der Waals surface area contributed by atoms with Crippen LogP contribution in [0.5, 0.6) is 11.5 Å². The molecule has 0 aliphatic heterocycles. The highest BCUT2D eigenvalue weighted by molar-refractivity contribution is 14.1. The van der Waals surface area contributed by atoms with Gasteiger partial charge in [-0.2, -0.15) is 5.10 Å². The van der Waals surface area contributed by atoms with E-state index in [4.69, 9.17) is 9.47 Å². The van der Waals surface area contributed by atoms with Crippen LogP contribution in [0.2, 0.25) is 0 Å². The number of hydrazone groups is 1. The number of ether oxygens (including phenoxy) is 2. The third-order valence-electron chi connectivity index (χ3n) is 3.34. The summed E-state index contributed by atoms with van der Waals surface area (Å²) in [5.74, 6) is 1.23. The summed E-state index contributed by atoms with van der Waals surface area (Å²) < 4.78 is 11.8. The van der Waals surface area contributed by atoms with Crippen molar-refractivity contribution in [3.8, 4) is 11.5 Å². The maximum atomic E-state index is 11.8. The number of nitrogens with zero attached hydrogens (tertiary/aromatic N) is 1. The summed E-state index contributed by atoms with van der Waals surface area (Å²) in [6, 6.07) is 11.5. The molecular formula is C18H19IN2O3. The predicted molar refractivity (Wildman–Crippen MR) is 103 cm³/mol. The van der Waals surface area contributed by atoms with E-state index in [1.54, 1.807) is 13.3 Å². The third kappa shape index (κ3) is 4.95. The van der Waals surface area contributed by atoms with Gasteiger partial charge in [-0.1, -0.05) is 18.2 Å². The molecule has 0 aliphatic carbocycles. The summed E-state index contributed by atoms with van der Waals surface area (Å²) in [4.78, 5) is 11.8. The number of para-hydroxylation sites is 1. The predicted octanol–water partition coefficient (Wildman–Crippen LogP) is 3.45. The number of carbonyl (C=O) groups excluding carboxylic acids is 1. The van der Waals surface area contributed by atoms with Crippen molar-refractivity contribution in [3.63, 3.8) is 0 Å². The number of carbonyl (C=O) groups is 1. The van der Waals surface area contributed by atoms with Gasteiger partial charge < -0.3 is 9.47 Å². The number of nitrogens with one attached hydrogen (secondary N) is 1. The van der Waals surface area contributed by atoms with Gasteiger partial charge in [0.1, 0.15) is 11.5 Å². The van der Waals surface area contributed by atoms with E-state index in [0.29, 0.717) is 0 Å². The van der Waals surface area contributed by atoms with Gasteiger partial charge in [-0.15, -0.1) is 0 Å². The fraction of sp³-hybridized carbons (Fsp3) is 0.222. The molecular weight excluding hydrogens is 419 g/mol. The van der Waals surface area contributed by atoms with Crippen molar-refractivity contribution < 1.29 is 14.3 Å². The highest BCUT2D eigenvalue weighted by Gasteiger charge is 2.06. The molecule has 0 radical (unpaired) electrons. The molecule has 1 amide bonds. The standard InChI is InChI=1S/C18H19IN2O3/c1-12-5-4-6-13(2)18(12)24-11-17(22)21-20-10-14-7-8-16(23-3)15(19)9-14/h4-10H,11H2,1-3H3,(H,21,22)/b20-10-. The number of halogens is 1. The van der Waals surface area contributed by atoms with E-state index in [0.717, 1.165) is 31.8 Å². The van der Waals surface area contributed by atoms with Crippen LogP contribution in [0.15, 0.2) is 41.5 Å². The molecule has 126 valence electrons. The zero-order chi connectivity index (χ0) is 17.5. The number of benzene rings is 2. The quantitative estimate of drug-likeness (QED) is 0.427. The average Bonchev–Trinajstić information content (AvgIpc) is 2.54. The van der Waals surface area contributed by atoms with Crippen LogP contribution in [0, 0.1) is 17.4 Å². The molecule has 2 aromatic carbocycles. The lowest BCUT2D eigenvalue weighted by Crippen LogP contribution is -2.25. The molecule has 5 nitrogen and oxygen atoms in total. The Morgan fingerprint density at radius 1 is 1.25 bits per heavy atom. The Morgan fingerprint density at radius 3 is 2.58 bits per heavy atom. The first-order valence-corrected chi connectivity index (χ1v) is 8.43. The summed E-state index contributed by atoms with van der Waals surface area (Å²) >= 11 is 2.18. The molecule has 0 saturated carbocycles. The molecule has 6 heteroatoms. The highest BCUT2D eigenvalue weighted by Crippen LogP contribution is 2.22. The van der Waals surface area contributed by atoms with E-state index in [1.807, 2.05) is 50.2 Å². The SMILES string of the molecule is COc1ccc(/C=N\NC(=O)COc2c(C)cccc2C)cc1I. The van der Waals surface area contributed by atoms with Crippen LogP contribution in [-0.4, -0.2) is 25.8 Å². The minimum atomic E-state index is -0.308. The van der Waals surface area contributed by atoms with Gasteiger partial charge in [0.15, 0.2) is 6.61 Å². The first-order chi connectivity index (χ1) is 11.5. The minimum Gasteiger partial charge on any atom is -0.496 e.